The number of carbonyl (C=O) groups is 1. The van der Waals surface area contributed by atoms with E-state index in [-0.39, 0.29) is 11.9 Å². The van der Waals surface area contributed by atoms with Gasteiger partial charge in [-0.2, -0.15) is 5.10 Å². The average molecular weight is 210 g/mol. The standard InChI is InChI=1S/C10H18N4O/c1-4-5-7(2)13-10(15)8-6-12-14(3)9(8)11/h6-7H,4-5,11H2,1-3H3,(H,13,15). The molecule has 1 rings (SSSR count). The third-order valence-corrected chi connectivity index (χ3v) is 2.33. The summed E-state index contributed by atoms with van der Waals surface area (Å²) in [6, 6.07) is 0.169. The lowest BCUT2D eigenvalue weighted by atomic mass is 10.2. The number of carbonyl (C=O) groups excluding carboxylic acids is 1. The van der Waals surface area contributed by atoms with E-state index in [2.05, 4.69) is 17.3 Å². The smallest absolute Gasteiger partial charge is 0.256 e. The largest absolute Gasteiger partial charge is 0.383 e. The van der Waals surface area contributed by atoms with Crippen molar-refractivity contribution in [1.29, 1.82) is 0 Å². The fourth-order valence-electron chi connectivity index (χ4n) is 1.43. The van der Waals surface area contributed by atoms with Gasteiger partial charge in [0.05, 0.1) is 6.20 Å². The van der Waals surface area contributed by atoms with Gasteiger partial charge in [-0.05, 0) is 13.3 Å². The Hall–Kier alpha value is -1.52. The first kappa shape index (κ1) is 11.6. The molecule has 84 valence electrons. The van der Waals surface area contributed by atoms with Crippen LogP contribution in [0, 0.1) is 0 Å². The summed E-state index contributed by atoms with van der Waals surface area (Å²) in [7, 11) is 1.71. The fourth-order valence-corrected chi connectivity index (χ4v) is 1.43. The molecule has 0 aliphatic carbocycles. The van der Waals surface area contributed by atoms with Gasteiger partial charge in [0.25, 0.3) is 5.91 Å². The second-order valence-corrected chi connectivity index (χ2v) is 3.73. The predicted molar refractivity (Wildman–Crippen MR) is 59.5 cm³/mol. The molecular weight excluding hydrogens is 192 g/mol. The van der Waals surface area contributed by atoms with Crippen LogP contribution in [-0.2, 0) is 7.05 Å². The molecule has 1 aromatic rings. The quantitative estimate of drug-likeness (QED) is 0.776. The lowest BCUT2D eigenvalue weighted by Crippen LogP contribution is -2.32. The van der Waals surface area contributed by atoms with Gasteiger partial charge in [0.2, 0.25) is 0 Å². The Labute approximate surface area is 89.6 Å². The monoisotopic (exact) mass is 210 g/mol. The van der Waals surface area contributed by atoms with Gasteiger partial charge in [-0.25, -0.2) is 0 Å². The summed E-state index contributed by atoms with van der Waals surface area (Å²) in [5.41, 5.74) is 6.14. The zero-order valence-corrected chi connectivity index (χ0v) is 9.45. The minimum absolute atomic E-state index is 0.151. The van der Waals surface area contributed by atoms with Crippen LogP contribution in [0.15, 0.2) is 6.20 Å². The van der Waals surface area contributed by atoms with Crippen molar-refractivity contribution in [3.8, 4) is 0 Å². The number of amides is 1. The van der Waals surface area contributed by atoms with E-state index in [0.29, 0.717) is 11.4 Å². The van der Waals surface area contributed by atoms with Crippen molar-refractivity contribution in [3.05, 3.63) is 11.8 Å². The number of anilines is 1. The molecule has 0 aliphatic rings. The predicted octanol–water partition coefficient (Wildman–Crippen LogP) is 0.921. The lowest BCUT2D eigenvalue weighted by molar-refractivity contribution is 0.0939. The van der Waals surface area contributed by atoms with Crippen molar-refractivity contribution in [1.82, 2.24) is 15.1 Å². The van der Waals surface area contributed by atoms with Crippen LogP contribution < -0.4 is 11.1 Å². The van der Waals surface area contributed by atoms with Gasteiger partial charge < -0.3 is 11.1 Å². The van der Waals surface area contributed by atoms with Gasteiger partial charge in [-0.1, -0.05) is 13.3 Å². The summed E-state index contributed by atoms with van der Waals surface area (Å²) < 4.78 is 1.49. The number of hydrogen-bond acceptors (Lipinski definition) is 3. The maximum absolute atomic E-state index is 11.7. The molecule has 1 unspecified atom stereocenters. The van der Waals surface area contributed by atoms with Crippen LogP contribution in [0.25, 0.3) is 0 Å². The van der Waals surface area contributed by atoms with E-state index in [0.717, 1.165) is 12.8 Å². The molecule has 0 radical (unpaired) electrons. The molecule has 3 N–H and O–H groups in total. The summed E-state index contributed by atoms with van der Waals surface area (Å²) in [5.74, 6) is 0.248. The van der Waals surface area contributed by atoms with Crippen LogP contribution in [-0.4, -0.2) is 21.7 Å². The molecule has 0 bridgehead atoms. The SMILES string of the molecule is CCCC(C)NC(=O)c1cnn(C)c1N. The normalized spacial score (nSPS) is 12.5. The molecule has 5 heteroatoms. The van der Waals surface area contributed by atoms with Crippen molar-refractivity contribution in [2.75, 3.05) is 5.73 Å². The number of hydrogen-bond donors (Lipinski definition) is 2. The van der Waals surface area contributed by atoms with Crippen LogP contribution in [0.3, 0.4) is 0 Å². The molecule has 1 atom stereocenters. The van der Waals surface area contributed by atoms with Gasteiger partial charge >= 0.3 is 0 Å². The maximum atomic E-state index is 11.7. The molecule has 1 aromatic heterocycles. The first-order valence-electron chi connectivity index (χ1n) is 5.14. The second-order valence-electron chi connectivity index (χ2n) is 3.73. The molecule has 0 aliphatic heterocycles. The van der Waals surface area contributed by atoms with Gasteiger partial charge in [0.1, 0.15) is 11.4 Å². The highest BCUT2D eigenvalue weighted by Crippen LogP contribution is 2.09. The topological polar surface area (TPSA) is 72.9 Å². The number of aryl methyl sites for hydroxylation is 1. The summed E-state index contributed by atoms with van der Waals surface area (Å²) in [4.78, 5) is 11.7. The minimum Gasteiger partial charge on any atom is -0.383 e. The Morgan fingerprint density at radius 2 is 2.40 bits per heavy atom. The van der Waals surface area contributed by atoms with Gasteiger partial charge in [0.15, 0.2) is 0 Å². The molecular formula is C10H18N4O. The average Bonchev–Trinajstić information content (AvgIpc) is 2.48. The van der Waals surface area contributed by atoms with Crippen LogP contribution in [0.2, 0.25) is 0 Å². The summed E-state index contributed by atoms with van der Waals surface area (Å²) in [6.45, 7) is 4.06. The number of nitrogens with two attached hydrogens (primary N) is 1. The van der Waals surface area contributed by atoms with Crippen molar-refractivity contribution >= 4 is 11.7 Å². The highest BCUT2D eigenvalue weighted by atomic mass is 16.1. The third-order valence-electron chi connectivity index (χ3n) is 2.33. The molecule has 15 heavy (non-hydrogen) atoms. The molecule has 0 spiro atoms. The molecule has 0 saturated carbocycles. The molecule has 5 nitrogen and oxygen atoms in total. The van der Waals surface area contributed by atoms with Crippen molar-refractivity contribution in [2.45, 2.75) is 32.7 Å². The Morgan fingerprint density at radius 3 is 2.87 bits per heavy atom. The lowest BCUT2D eigenvalue weighted by Gasteiger charge is -2.11. The molecule has 0 aromatic carbocycles. The summed E-state index contributed by atoms with van der Waals surface area (Å²) in [5, 5.41) is 6.80. The van der Waals surface area contributed by atoms with E-state index >= 15 is 0 Å². The van der Waals surface area contributed by atoms with Gasteiger partial charge in [-0.15, -0.1) is 0 Å². The van der Waals surface area contributed by atoms with Crippen molar-refractivity contribution < 1.29 is 4.79 Å². The number of nitrogens with zero attached hydrogens (tertiary/aromatic N) is 2. The van der Waals surface area contributed by atoms with Gasteiger partial charge in [0, 0.05) is 13.1 Å². The first-order valence-corrected chi connectivity index (χ1v) is 5.14. The zero-order chi connectivity index (χ0) is 11.4. The first-order chi connectivity index (χ1) is 7.06. The second kappa shape index (κ2) is 4.82. The molecule has 1 heterocycles. The summed E-state index contributed by atoms with van der Waals surface area (Å²) in [6.07, 6.45) is 3.50. The Kier molecular flexibility index (Phi) is 3.71. The number of nitrogen functional groups attached to an aromatic ring is 1. The Bertz CT molecular complexity index is 345. The zero-order valence-electron chi connectivity index (χ0n) is 9.45. The van der Waals surface area contributed by atoms with Gasteiger partial charge in [-0.3, -0.25) is 9.48 Å². The molecule has 0 saturated heterocycles. The van der Waals surface area contributed by atoms with Crippen LogP contribution in [0.1, 0.15) is 37.0 Å². The molecule has 0 fully saturated rings. The number of aromatic nitrogens is 2. The highest BCUT2D eigenvalue weighted by Gasteiger charge is 2.14. The Morgan fingerprint density at radius 1 is 1.73 bits per heavy atom. The highest BCUT2D eigenvalue weighted by molar-refractivity contribution is 5.98. The Balaban J connectivity index is 2.65. The number of nitrogens with one attached hydrogen (secondary N) is 1. The third kappa shape index (κ3) is 2.71. The van der Waals surface area contributed by atoms with E-state index in [1.54, 1.807) is 7.05 Å². The van der Waals surface area contributed by atoms with Crippen molar-refractivity contribution in [3.63, 3.8) is 0 Å². The van der Waals surface area contributed by atoms with E-state index in [1.165, 1.54) is 10.9 Å². The summed E-state index contributed by atoms with van der Waals surface area (Å²) >= 11 is 0. The van der Waals surface area contributed by atoms with E-state index in [1.807, 2.05) is 6.92 Å². The van der Waals surface area contributed by atoms with Crippen LogP contribution in [0.4, 0.5) is 5.82 Å². The molecule has 1 amide bonds. The fraction of sp³-hybridized carbons (Fsp3) is 0.600. The minimum atomic E-state index is -0.151. The van der Waals surface area contributed by atoms with E-state index in [9.17, 15) is 4.79 Å². The van der Waals surface area contributed by atoms with E-state index < -0.39 is 0 Å². The van der Waals surface area contributed by atoms with E-state index in [4.69, 9.17) is 5.73 Å². The maximum Gasteiger partial charge on any atom is 0.256 e. The van der Waals surface area contributed by atoms with Crippen molar-refractivity contribution in [2.24, 2.45) is 7.05 Å². The van der Waals surface area contributed by atoms with Crippen LogP contribution in [0.5, 0.6) is 0 Å². The van der Waals surface area contributed by atoms with Crippen LogP contribution >= 0.6 is 0 Å². The number of rotatable bonds is 4.